The average molecular weight is 1890 g/mol. The van der Waals surface area contributed by atoms with Crippen LogP contribution in [0.1, 0.15) is 129 Å². The van der Waals surface area contributed by atoms with E-state index in [2.05, 4.69) is 614 Å². The molecule has 10 nitrogen and oxygen atoms in total. The molecule has 23 aromatic rings. The summed E-state index contributed by atoms with van der Waals surface area (Å²) in [6.45, 7) is 29.2. The van der Waals surface area contributed by atoms with Gasteiger partial charge in [-0.15, -0.1) is 0 Å². The van der Waals surface area contributed by atoms with Gasteiger partial charge in [-0.1, -0.05) is 365 Å². The molecule has 0 unspecified atom stereocenters. The van der Waals surface area contributed by atoms with Gasteiger partial charge in [0, 0.05) is 27.8 Å². The van der Waals surface area contributed by atoms with Gasteiger partial charge in [-0.25, -0.2) is 22.8 Å². The standard InChI is InChI=1S/C33H35N2.C30H29N2.C27H23N2.C24H25N2.C21H19N2/c1-22(2)27-17-12-18-28(23(3)4)32(27)35-30-20-19-26(25-14-8-7-9-15-25)21-31(30)34(6)33(35)29-16-11-10-13-24(29)5;1-21(2)25-15-10-11-17-27(25)32-28-19-18-24(23-13-6-5-7-14-23)20-29(28)31(4)30(32)26-16-9-8-12-22(26)3;1-20-12-6-7-15-22(20)27-28(2)25-18-10-11-19-26(25)29(27)24-17-9-8-16-23(24)21-13-4-3-5-14-21;1-17(2)19-12-7-8-14-21(19)26-23-16-10-9-15-22(23)25(4)24(26)20-13-6-5-11-18(20)3;1-16-10-6-7-13-18(16)21-22(2)19-14-8-9-15-20(19)23(21)17-11-4-3-5-12-17/h7-23H,1-6H3;5-21H,1-4H3;3-19H,1-2H3;5-17H,1-4H3;3-15H,1-2H3/q5*+1. The predicted octanol–water partition coefficient (Wildman–Crippen LogP) is 31.6. The van der Waals surface area contributed by atoms with Gasteiger partial charge in [-0.05, 0) is 247 Å². The Morgan fingerprint density at radius 1 is 0.200 bits per heavy atom. The first-order valence-electron chi connectivity index (χ1n) is 51.1. The molecule has 0 aliphatic rings. The third kappa shape index (κ3) is 19.0. The molecule has 0 aliphatic carbocycles. The Balaban J connectivity index is 0.000000115. The van der Waals surface area contributed by atoms with Crippen LogP contribution in [0.25, 0.3) is 174 Å². The first-order chi connectivity index (χ1) is 70.6. The summed E-state index contributed by atoms with van der Waals surface area (Å²) in [5.41, 5.74) is 44.1. The van der Waals surface area contributed by atoms with Gasteiger partial charge in [-0.3, -0.25) is 0 Å². The van der Waals surface area contributed by atoms with E-state index in [9.17, 15) is 0 Å². The van der Waals surface area contributed by atoms with E-state index in [0.29, 0.717) is 23.7 Å². The number of nitrogens with zero attached hydrogens (tertiary/aromatic N) is 10. The summed E-state index contributed by atoms with van der Waals surface area (Å²) in [6.07, 6.45) is 0. The van der Waals surface area contributed by atoms with Crippen LogP contribution in [0, 0.1) is 34.6 Å². The smallest absolute Gasteiger partial charge is 0.225 e. The Labute approximate surface area is 855 Å². The molecule has 10 heteroatoms. The zero-order valence-electron chi connectivity index (χ0n) is 86.9. The maximum Gasteiger partial charge on any atom is 0.295 e. The van der Waals surface area contributed by atoms with Crippen LogP contribution in [0.5, 0.6) is 0 Å². The van der Waals surface area contributed by atoms with Crippen LogP contribution in [-0.4, -0.2) is 22.8 Å². The van der Waals surface area contributed by atoms with Gasteiger partial charge in [0.15, 0.2) is 55.2 Å². The SMILES string of the molecule is Cc1ccccc1-c1n(-c2ccccc2)c2ccccc2[n+]1C.Cc1ccccc1-c1n(-c2ccccc2-c2ccccc2)c2ccccc2[n+]1C.Cc1ccccc1-c1n(-c2ccccc2C(C)C)c2ccccc2[n+]1C.Cc1ccccc1-c1n(C)c2cc(-c3ccccc3)ccc2[n+]1-c1c(C(C)C)cccc1C(C)C.Cc1ccccc1-c1n(C)c2cc(-c3ccccc3)ccc2[n+]1-c1ccccc1C(C)C. The van der Waals surface area contributed by atoms with E-state index in [-0.39, 0.29) is 0 Å². The second-order valence-electron chi connectivity index (χ2n) is 39.5. The molecule has 23 rings (SSSR count). The highest BCUT2D eigenvalue weighted by atomic mass is 15.2. The normalized spacial score (nSPS) is 11.4. The van der Waals surface area contributed by atoms with Crippen molar-refractivity contribution in [2.45, 2.75) is 114 Å². The first-order valence-corrected chi connectivity index (χ1v) is 51.1. The number of para-hydroxylation sites is 11. The largest absolute Gasteiger partial charge is 0.295 e. The van der Waals surface area contributed by atoms with Crippen molar-refractivity contribution in [2.24, 2.45) is 35.2 Å². The second kappa shape index (κ2) is 42.6. The van der Waals surface area contributed by atoms with Gasteiger partial charge in [0.25, 0.3) is 29.1 Å². The Hall–Kier alpha value is -16.7. The van der Waals surface area contributed by atoms with Crippen molar-refractivity contribution >= 4 is 55.2 Å². The number of hydrogen-bond donors (Lipinski definition) is 0. The number of aromatic nitrogens is 10. The number of hydrogen-bond acceptors (Lipinski definition) is 0. The van der Waals surface area contributed by atoms with Gasteiger partial charge < -0.3 is 0 Å². The van der Waals surface area contributed by atoms with Crippen LogP contribution in [0.4, 0.5) is 0 Å². The van der Waals surface area contributed by atoms with Crippen LogP contribution in [0.15, 0.2) is 443 Å². The fourth-order valence-electron chi connectivity index (χ4n) is 21.4. The minimum Gasteiger partial charge on any atom is -0.225 e. The van der Waals surface area contributed by atoms with Gasteiger partial charge in [0.2, 0.25) is 0 Å². The molecule has 0 saturated heterocycles. The topological polar surface area (TPSA) is 44.0 Å². The quantitative estimate of drug-likeness (QED) is 0.0816. The average Bonchev–Trinajstić information content (AvgIpc) is 1.58. The van der Waals surface area contributed by atoms with Crippen LogP contribution in [0.2, 0.25) is 0 Å². The minimum absolute atomic E-state index is 0.416. The van der Waals surface area contributed by atoms with Gasteiger partial charge in [-0.2, -0.15) is 22.8 Å². The van der Waals surface area contributed by atoms with Crippen molar-refractivity contribution in [1.82, 2.24) is 22.8 Å². The minimum atomic E-state index is 0.416. The maximum absolute atomic E-state index is 2.52. The van der Waals surface area contributed by atoms with E-state index in [1.807, 2.05) is 0 Å². The van der Waals surface area contributed by atoms with Gasteiger partial charge >= 0.3 is 0 Å². The van der Waals surface area contributed by atoms with E-state index < -0.39 is 0 Å². The summed E-state index contributed by atoms with van der Waals surface area (Å²) in [4.78, 5) is 0. The zero-order chi connectivity index (χ0) is 101. The molecule has 0 saturated carbocycles. The van der Waals surface area contributed by atoms with Crippen LogP contribution in [0.3, 0.4) is 0 Å². The predicted molar refractivity (Wildman–Crippen MR) is 606 cm³/mol. The molecule has 0 fully saturated rings. The van der Waals surface area contributed by atoms with Crippen LogP contribution in [-0.2, 0) is 35.2 Å². The highest BCUT2D eigenvalue weighted by Gasteiger charge is 2.36. The molecule has 0 spiro atoms. The summed E-state index contributed by atoms with van der Waals surface area (Å²) in [5, 5.41) is 0. The first kappa shape index (κ1) is 97.1. The van der Waals surface area contributed by atoms with Crippen molar-refractivity contribution in [3.63, 3.8) is 0 Å². The number of fused-ring (bicyclic) bond motifs is 5. The Kier molecular flexibility index (Phi) is 28.6. The van der Waals surface area contributed by atoms with E-state index in [4.69, 9.17) is 0 Å². The zero-order valence-corrected chi connectivity index (χ0v) is 86.9. The third-order valence-electron chi connectivity index (χ3n) is 28.8. The van der Waals surface area contributed by atoms with E-state index in [1.165, 1.54) is 224 Å². The molecule has 145 heavy (non-hydrogen) atoms. The van der Waals surface area contributed by atoms with Crippen molar-refractivity contribution in [3.05, 3.63) is 493 Å². The Morgan fingerprint density at radius 3 is 0.897 bits per heavy atom. The lowest BCUT2D eigenvalue weighted by Crippen LogP contribution is -2.36. The number of aryl methyl sites for hydroxylation is 10. The van der Waals surface area contributed by atoms with Gasteiger partial charge in [0.05, 0.1) is 63.1 Å². The van der Waals surface area contributed by atoms with Crippen molar-refractivity contribution < 1.29 is 22.8 Å². The Morgan fingerprint density at radius 2 is 0.490 bits per heavy atom. The number of benzene rings is 18. The van der Waals surface area contributed by atoms with Crippen molar-refractivity contribution in [3.8, 4) is 119 Å². The van der Waals surface area contributed by atoms with Crippen LogP contribution < -0.4 is 22.8 Å². The molecule has 0 radical (unpaired) electrons. The number of rotatable bonds is 17. The molecule has 0 aliphatic heterocycles. The highest BCUT2D eigenvalue weighted by molar-refractivity contribution is 5.89. The molecule has 18 aromatic carbocycles. The van der Waals surface area contributed by atoms with Gasteiger partial charge in [0.1, 0.15) is 28.4 Å². The molecule has 716 valence electrons. The van der Waals surface area contributed by atoms with E-state index in [1.54, 1.807) is 0 Å². The summed E-state index contributed by atoms with van der Waals surface area (Å²) < 4.78 is 23.8. The fourth-order valence-corrected chi connectivity index (χ4v) is 21.4. The second-order valence-corrected chi connectivity index (χ2v) is 39.5. The van der Waals surface area contributed by atoms with E-state index in [0.717, 1.165) is 0 Å². The van der Waals surface area contributed by atoms with Crippen LogP contribution >= 0.6 is 0 Å². The molecular weight excluding hydrogens is 1760 g/mol. The highest BCUT2D eigenvalue weighted by Crippen LogP contribution is 2.41. The van der Waals surface area contributed by atoms with Crippen molar-refractivity contribution in [2.75, 3.05) is 0 Å². The molecule has 0 atom stereocenters. The lowest BCUT2D eigenvalue weighted by Gasteiger charge is -2.18. The maximum atomic E-state index is 2.52. The summed E-state index contributed by atoms with van der Waals surface area (Å²) >= 11 is 0. The molecule has 0 N–H and O–H groups in total. The summed E-state index contributed by atoms with van der Waals surface area (Å²) in [5.74, 6) is 7.76. The summed E-state index contributed by atoms with van der Waals surface area (Å²) in [6, 6.07) is 158. The number of imidazole rings is 5. The van der Waals surface area contributed by atoms with Crippen molar-refractivity contribution in [1.29, 1.82) is 0 Å². The molecule has 5 heterocycles. The summed E-state index contributed by atoms with van der Waals surface area (Å²) in [7, 11) is 10.9. The molecule has 0 bridgehead atoms. The molecule has 5 aromatic heterocycles. The Bertz CT molecular complexity index is 8580. The lowest BCUT2D eigenvalue weighted by atomic mass is 9.92. The van der Waals surface area contributed by atoms with E-state index >= 15 is 0 Å². The lowest BCUT2D eigenvalue weighted by molar-refractivity contribution is -0.634. The fraction of sp³-hybridized carbons (Fsp3) is 0.163. The molecule has 0 amide bonds. The molecular formula is C135H131N10+5. The third-order valence-corrected chi connectivity index (χ3v) is 28.8. The monoisotopic (exact) mass is 1890 g/mol.